The van der Waals surface area contributed by atoms with Gasteiger partial charge in [0, 0.05) is 5.75 Å². The SMILES string of the molecule is CCCS(=N)c1nc(N)c2[nH]c(=O)n(Cc3ccc(C)cc3)c2n1. The van der Waals surface area contributed by atoms with E-state index in [2.05, 4.69) is 15.0 Å². The van der Waals surface area contributed by atoms with E-state index in [0.29, 0.717) is 28.6 Å². The average molecular weight is 344 g/mol. The summed E-state index contributed by atoms with van der Waals surface area (Å²) in [5, 5.41) is 0.388. The van der Waals surface area contributed by atoms with Crippen LogP contribution < -0.4 is 11.4 Å². The number of anilines is 1. The van der Waals surface area contributed by atoms with Crippen molar-refractivity contribution in [2.75, 3.05) is 11.5 Å². The molecule has 126 valence electrons. The van der Waals surface area contributed by atoms with E-state index in [1.165, 1.54) is 0 Å². The molecule has 3 rings (SSSR count). The van der Waals surface area contributed by atoms with Crippen molar-refractivity contribution in [1.29, 1.82) is 4.78 Å². The average Bonchev–Trinajstić information content (AvgIpc) is 2.87. The fraction of sp³-hybridized carbons (Fsp3) is 0.312. The molecule has 0 spiro atoms. The van der Waals surface area contributed by atoms with Crippen molar-refractivity contribution in [3.8, 4) is 0 Å². The smallest absolute Gasteiger partial charge is 0.328 e. The molecule has 0 aliphatic rings. The Bertz CT molecular complexity index is 957. The van der Waals surface area contributed by atoms with Gasteiger partial charge in [-0.15, -0.1) is 0 Å². The highest BCUT2D eigenvalue weighted by atomic mass is 32.2. The van der Waals surface area contributed by atoms with Crippen molar-refractivity contribution in [3.63, 3.8) is 0 Å². The number of fused-ring (bicyclic) bond motifs is 1. The summed E-state index contributed by atoms with van der Waals surface area (Å²) in [6.07, 6.45) is 0.872. The van der Waals surface area contributed by atoms with E-state index >= 15 is 0 Å². The van der Waals surface area contributed by atoms with Crippen LogP contribution in [0.25, 0.3) is 11.2 Å². The second-order valence-corrected chi connectivity index (χ2v) is 7.24. The summed E-state index contributed by atoms with van der Waals surface area (Å²) in [6, 6.07) is 7.98. The first kappa shape index (κ1) is 16.4. The maximum absolute atomic E-state index is 12.3. The molecule has 2 heterocycles. The highest BCUT2D eigenvalue weighted by Gasteiger charge is 2.15. The van der Waals surface area contributed by atoms with Gasteiger partial charge in [-0.3, -0.25) is 9.35 Å². The molecular weight excluding hydrogens is 324 g/mol. The Morgan fingerprint density at radius 3 is 2.67 bits per heavy atom. The summed E-state index contributed by atoms with van der Waals surface area (Å²) >= 11 is 0. The van der Waals surface area contributed by atoms with Crippen LogP contribution in [-0.2, 0) is 17.2 Å². The van der Waals surface area contributed by atoms with Crippen LogP contribution in [0.4, 0.5) is 5.82 Å². The standard InChI is InChI=1S/C16H20N6OS/c1-3-8-24(18)15-20-13(17)12-14(21-15)22(16(23)19-12)9-11-6-4-10(2)5-7-11/h4-7,18H,3,8-9H2,1-2H3,(H,19,23)(H2,17,20,21). The van der Waals surface area contributed by atoms with Crippen LogP contribution in [-0.4, -0.2) is 25.3 Å². The molecule has 0 saturated carbocycles. The molecule has 2 aromatic heterocycles. The fourth-order valence-corrected chi connectivity index (χ4v) is 3.46. The summed E-state index contributed by atoms with van der Waals surface area (Å²) in [5.41, 5.74) is 8.76. The van der Waals surface area contributed by atoms with Crippen LogP contribution in [0.3, 0.4) is 0 Å². The van der Waals surface area contributed by atoms with Gasteiger partial charge in [-0.1, -0.05) is 36.8 Å². The van der Waals surface area contributed by atoms with E-state index in [4.69, 9.17) is 10.5 Å². The van der Waals surface area contributed by atoms with Gasteiger partial charge in [-0.2, -0.15) is 0 Å². The van der Waals surface area contributed by atoms with Crippen LogP contribution in [0, 0.1) is 11.7 Å². The number of nitrogen functional groups attached to an aromatic ring is 1. The minimum absolute atomic E-state index is 0.218. The molecule has 1 aromatic carbocycles. The van der Waals surface area contributed by atoms with Crippen molar-refractivity contribution in [2.24, 2.45) is 0 Å². The Kier molecular flexibility index (Phi) is 4.48. The molecule has 0 amide bonds. The third kappa shape index (κ3) is 3.09. The Hall–Kier alpha value is -2.48. The molecule has 7 nitrogen and oxygen atoms in total. The minimum Gasteiger partial charge on any atom is -0.382 e. The fourth-order valence-electron chi connectivity index (χ4n) is 2.46. The molecular formula is C16H20N6OS. The third-order valence-electron chi connectivity index (χ3n) is 3.72. The van der Waals surface area contributed by atoms with E-state index in [9.17, 15) is 4.79 Å². The molecule has 0 saturated heterocycles. The van der Waals surface area contributed by atoms with Crippen molar-refractivity contribution in [3.05, 3.63) is 45.9 Å². The lowest BCUT2D eigenvalue weighted by Gasteiger charge is -2.07. The lowest BCUT2D eigenvalue weighted by molar-refractivity contribution is 0.770. The van der Waals surface area contributed by atoms with Crippen molar-refractivity contribution in [2.45, 2.75) is 32.0 Å². The van der Waals surface area contributed by atoms with Gasteiger partial charge in [0.15, 0.2) is 11.5 Å². The molecule has 8 heteroatoms. The number of nitrogens with one attached hydrogen (secondary N) is 2. The van der Waals surface area contributed by atoms with Gasteiger partial charge in [-0.25, -0.2) is 14.8 Å². The van der Waals surface area contributed by atoms with Gasteiger partial charge in [0.2, 0.25) is 5.16 Å². The molecule has 0 radical (unpaired) electrons. The zero-order valence-electron chi connectivity index (χ0n) is 13.7. The first-order valence-electron chi connectivity index (χ1n) is 7.73. The quantitative estimate of drug-likeness (QED) is 0.616. The normalized spacial score (nSPS) is 12.6. The zero-order chi connectivity index (χ0) is 17.3. The molecule has 1 unspecified atom stereocenters. The molecule has 3 aromatic rings. The van der Waals surface area contributed by atoms with Crippen molar-refractivity contribution >= 4 is 27.7 Å². The summed E-state index contributed by atoms with van der Waals surface area (Å²) in [7, 11) is -0.830. The minimum atomic E-state index is -0.830. The van der Waals surface area contributed by atoms with Gasteiger partial charge < -0.3 is 10.7 Å². The summed E-state index contributed by atoms with van der Waals surface area (Å²) in [6.45, 7) is 4.43. The Morgan fingerprint density at radius 1 is 1.29 bits per heavy atom. The number of benzene rings is 1. The molecule has 0 fully saturated rings. The second kappa shape index (κ2) is 6.56. The zero-order valence-corrected chi connectivity index (χ0v) is 14.5. The predicted octanol–water partition coefficient (Wildman–Crippen LogP) is 2.21. The van der Waals surface area contributed by atoms with Crippen LogP contribution in [0.2, 0.25) is 0 Å². The number of nitrogens with two attached hydrogens (primary N) is 1. The maximum Gasteiger partial charge on any atom is 0.328 e. The molecule has 4 N–H and O–H groups in total. The van der Waals surface area contributed by atoms with Crippen LogP contribution in [0.15, 0.2) is 34.2 Å². The number of aromatic amines is 1. The topological polar surface area (TPSA) is 113 Å². The Balaban J connectivity index is 2.09. The van der Waals surface area contributed by atoms with E-state index in [1.54, 1.807) is 4.57 Å². The van der Waals surface area contributed by atoms with Gasteiger partial charge in [0.05, 0.1) is 6.54 Å². The number of H-pyrrole nitrogens is 1. The van der Waals surface area contributed by atoms with E-state index < -0.39 is 10.7 Å². The molecule has 24 heavy (non-hydrogen) atoms. The lowest BCUT2D eigenvalue weighted by atomic mass is 10.1. The van der Waals surface area contributed by atoms with Gasteiger partial charge in [0.25, 0.3) is 0 Å². The van der Waals surface area contributed by atoms with Crippen molar-refractivity contribution < 1.29 is 0 Å². The third-order valence-corrected chi connectivity index (χ3v) is 5.16. The van der Waals surface area contributed by atoms with Crippen LogP contribution in [0.5, 0.6) is 0 Å². The number of rotatable bonds is 5. The highest BCUT2D eigenvalue weighted by Crippen LogP contribution is 2.17. The first-order chi connectivity index (χ1) is 11.5. The van der Waals surface area contributed by atoms with Gasteiger partial charge in [-0.05, 0) is 29.6 Å². The summed E-state index contributed by atoms with van der Waals surface area (Å²) in [4.78, 5) is 23.7. The number of nitrogens with zero attached hydrogens (tertiary/aromatic N) is 3. The number of imidazole rings is 1. The number of aryl methyl sites for hydroxylation is 1. The number of hydrogen-bond acceptors (Lipinski definition) is 5. The molecule has 0 aliphatic carbocycles. The maximum atomic E-state index is 12.3. The number of hydrogen-bond donors (Lipinski definition) is 3. The second-order valence-electron chi connectivity index (χ2n) is 5.69. The molecule has 1 atom stereocenters. The molecule has 0 aliphatic heterocycles. The Labute approximate surface area is 141 Å². The van der Waals surface area contributed by atoms with E-state index in [0.717, 1.165) is 17.5 Å². The Morgan fingerprint density at radius 2 is 2.00 bits per heavy atom. The highest BCUT2D eigenvalue weighted by molar-refractivity contribution is 7.85. The van der Waals surface area contributed by atoms with E-state index in [1.807, 2.05) is 38.1 Å². The van der Waals surface area contributed by atoms with Gasteiger partial charge >= 0.3 is 5.69 Å². The largest absolute Gasteiger partial charge is 0.382 e. The molecule has 0 bridgehead atoms. The van der Waals surface area contributed by atoms with Crippen LogP contribution >= 0.6 is 0 Å². The first-order valence-corrected chi connectivity index (χ1v) is 9.12. The lowest BCUT2D eigenvalue weighted by Crippen LogP contribution is -2.18. The monoisotopic (exact) mass is 344 g/mol. The predicted molar refractivity (Wildman–Crippen MR) is 96.4 cm³/mol. The summed E-state index contributed by atoms with van der Waals surface area (Å²) in [5.74, 6) is 0.896. The number of aromatic nitrogens is 4. The van der Waals surface area contributed by atoms with E-state index in [-0.39, 0.29) is 11.5 Å². The summed E-state index contributed by atoms with van der Waals surface area (Å²) < 4.78 is 9.70. The van der Waals surface area contributed by atoms with Crippen LogP contribution in [0.1, 0.15) is 24.5 Å². The van der Waals surface area contributed by atoms with Crippen molar-refractivity contribution in [1.82, 2.24) is 19.5 Å². The van der Waals surface area contributed by atoms with Gasteiger partial charge in [0.1, 0.15) is 5.52 Å².